The van der Waals surface area contributed by atoms with Crippen LogP contribution in [0.4, 0.5) is 0 Å². The molecule has 140 valence electrons. The lowest BCUT2D eigenvalue weighted by atomic mass is 10.00. The molecule has 4 rings (SSSR count). The second-order valence-electron chi connectivity index (χ2n) is 7.06. The molecule has 27 heavy (non-hydrogen) atoms. The van der Waals surface area contributed by atoms with Crippen molar-refractivity contribution in [2.75, 3.05) is 12.4 Å². The topological polar surface area (TPSA) is 44.4 Å². The third-order valence-corrected chi connectivity index (χ3v) is 5.65. The fraction of sp³-hybridized carbons (Fsp3) is 0.333. The molecule has 2 heterocycles. The minimum Gasteiger partial charge on any atom is -0.492 e. The lowest BCUT2D eigenvalue weighted by Gasteiger charge is -2.14. The number of rotatable bonds is 6. The van der Waals surface area contributed by atoms with Gasteiger partial charge in [-0.15, -0.1) is 10.2 Å². The summed E-state index contributed by atoms with van der Waals surface area (Å²) in [7, 11) is 2.02. The van der Waals surface area contributed by atoms with E-state index < -0.39 is 0 Å². The summed E-state index contributed by atoms with van der Waals surface area (Å²) in [4.78, 5) is 0. The largest absolute Gasteiger partial charge is 0.492 e. The Labute approximate surface area is 163 Å². The molecular formula is C21H24N4OS. The monoisotopic (exact) mass is 380 g/mol. The fourth-order valence-corrected chi connectivity index (χ4v) is 4.12. The molecule has 4 aromatic rings. The molecule has 0 N–H and O–H groups in total. The van der Waals surface area contributed by atoms with Crippen LogP contribution in [0.1, 0.15) is 30.9 Å². The number of imidazole rings is 1. The van der Waals surface area contributed by atoms with Crippen LogP contribution in [-0.4, -0.2) is 31.5 Å². The molecule has 5 nitrogen and oxygen atoms in total. The Morgan fingerprint density at radius 2 is 1.85 bits per heavy atom. The van der Waals surface area contributed by atoms with Crippen LogP contribution in [0.3, 0.4) is 0 Å². The van der Waals surface area contributed by atoms with E-state index in [1.165, 1.54) is 11.1 Å². The summed E-state index contributed by atoms with van der Waals surface area (Å²) in [5, 5.41) is 9.62. The van der Waals surface area contributed by atoms with E-state index in [4.69, 9.17) is 4.74 Å². The predicted octanol–water partition coefficient (Wildman–Crippen LogP) is 4.82. The third-order valence-electron chi connectivity index (χ3n) is 4.76. The van der Waals surface area contributed by atoms with Crippen molar-refractivity contribution >= 4 is 28.6 Å². The van der Waals surface area contributed by atoms with Crippen LogP contribution >= 0.6 is 11.8 Å². The van der Waals surface area contributed by atoms with Gasteiger partial charge >= 0.3 is 0 Å². The van der Waals surface area contributed by atoms with E-state index in [0.717, 1.165) is 33.5 Å². The molecule has 0 aliphatic heterocycles. The van der Waals surface area contributed by atoms with Crippen LogP contribution in [0.15, 0.2) is 47.6 Å². The number of benzene rings is 2. The minimum atomic E-state index is 0.444. The van der Waals surface area contributed by atoms with Crippen LogP contribution < -0.4 is 4.74 Å². The molecule has 0 radical (unpaired) electrons. The molecule has 0 unspecified atom stereocenters. The SMILES string of the molecule is Cc1ccc(OCCSc2nnc3n(C)c4ccccc4n23)c(C(C)C)c1. The average Bonchev–Trinajstić information content (AvgIpc) is 3.20. The van der Waals surface area contributed by atoms with Gasteiger partial charge in [0, 0.05) is 12.8 Å². The third kappa shape index (κ3) is 3.30. The molecule has 2 aromatic heterocycles. The quantitative estimate of drug-likeness (QED) is 0.355. The standard InChI is InChI=1S/C21H24N4OS/c1-14(2)16-13-15(3)9-10-19(16)26-11-12-27-21-23-22-20-24(4)17-7-5-6-8-18(17)25(20)21/h5-10,13-14H,11-12H2,1-4H3. The number of nitrogens with zero attached hydrogens (tertiary/aromatic N) is 4. The Morgan fingerprint density at radius 3 is 2.63 bits per heavy atom. The lowest BCUT2D eigenvalue weighted by Crippen LogP contribution is -2.04. The number of thioether (sulfide) groups is 1. The first-order valence-corrected chi connectivity index (χ1v) is 10.2. The molecule has 6 heteroatoms. The van der Waals surface area contributed by atoms with E-state index in [0.29, 0.717) is 12.5 Å². The normalized spacial score (nSPS) is 11.7. The highest BCUT2D eigenvalue weighted by molar-refractivity contribution is 7.99. The van der Waals surface area contributed by atoms with E-state index >= 15 is 0 Å². The van der Waals surface area contributed by atoms with Gasteiger partial charge in [0.2, 0.25) is 5.78 Å². The Kier molecular flexibility index (Phi) is 4.83. The fourth-order valence-electron chi connectivity index (χ4n) is 3.36. The summed E-state index contributed by atoms with van der Waals surface area (Å²) in [6.07, 6.45) is 0. The maximum absolute atomic E-state index is 6.07. The Morgan fingerprint density at radius 1 is 1.07 bits per heavy atom. The number of hydrogen-bond donors (Lipinski definition) is 0. The van der Waals surface area contributed by atoms with E-state index in [1.54, 1.807) is 11.8 Å². The van der Waals surface area contributed by atoms with Crippen molar-refractivity contribution in [1.29, 1.82) is 0 Å². The van der Waals surface area contributed by atoms with Crippen LogP contribution in [0.25, 0.3) is 16.8 Å². The number of ether oxygens (including phenoxy) is 1. The van der Waals surface area contributed by atoms with Crippen molar-refractivity contribution in [3.8, 4) is 5.75 Å². The van der Waals surface area contributed by atoms with Gasteiger partial charge in [-0.25, -0.2) is 0 Å². The van der Waals surface area contributed by atoms with Crippen molar-refractivity contribution in [3.63, 3.8) is 0 Å². The molecule has 0 spiro atoms. The second kappa shape index (κ2) is 7.27. The maximum atomic E-state index is 6.07. The summed E-state index contributed by atoms with van der Waals surface area (Å²) in [6, 6.07) is 14.7. The first-order chi connectivity index (χ1) is 13.1. The molecule has 0 bridgehead atoms. The number of para-hydroxylation sites is 2. The summed E-state index contributed by atoms with van der Waals surface area (Å²) in [5.74, 6) is 3.10. The Hall–Kier alpha value is -2.47. The smallest absolute Gasteiger partial charge is 0.236 e. The van der Waals surface area contributed by atoms with Crippen molar-refractivity contribution in [1.82, 2.24) is 19.2 Å². The number of aryl methyl sites for hydroxylation is 2. The zero-order valence-corrected chi connectivity index (χ0v) is 17.0. The molecule has 0 amide bonds. The van der Waals surface area contributed by atoms with Gasteiger partial charge in [0.25, 0.3) is 0 Å². The van der Waals surface area contributed by atoms with Crippen molar-refractivity contribution < 1.29 is 4.74 Å². The summed E-state index contributed by atoms with van der Waals surface area (Å²) < 4.78 is 10.3. The summed E-state index contributed by atoms with van der Waals surface area (Å²) in [5.41, 5.74) is 4.81. The van der Waals surface area contributed by atoms with Crippen LogP contribution in [0.2, 0.25) is 0 Å². The zero-order valence-electron chi connectivity index (χ0n) is 16.1. The Bertz CT molecular complexity index is 1100. The molecule has 0 saturated carbocycles. The highest BCUT2D eigenvalue weighted by atomic mass is 32.2. The highest BCUT2D eigenvalue weighted by Gasteiger charge is 2.15. The van der Waals surface area contributed by atoms with Crippen LogP contribution in [0, 0.1) is 6.92 Å². The van der Waals surface area contributed by atoms with Crippen molar-refractivity contribution in [2.45, 2.75) is 31.8 Å². The Balaban J connectivity index is 1.48. The molecule has 0 aliphatic carbocycles. The van der Waals surface area contributed by atoms with Gasteiger partial charge in [-0.2, -0.15) is 0 Å². The number of aromatic nitrogens is 4. The minimum absolute atomic E-state index is 0.444. The number of fused-ring (bicyclic) bond motifs is 3. The van der Waals surface area contributed by atoms with Gasteiger partial charge in [0.15, 0.2) is 5.16 Å². The molecule has 2 aromatic carbocycles. The van der Waals surface area contributed by atoms with Gasteiger partial charge in [0.05, 0.1) is 17.6 Å². The summed E-state index contributed by atoms with van der Waals surface area (Å²) in [6.45, 7) is 7.15. The molecule has 0 atom stereocenters. The number of hydrogen-bond acceptors (Lipinski definition) is 4. The highest BCUT2D eigenvalue weighted by Crippen LogP contribution is 2.28. The molecule has 0 aliphatic rings. The molecule has 0 saturated heterocycles. The van der Waals surface area contributed by atoms with Gasteiger partial charge in [-0.1, -0.05) is 55.4 Å². The lowest BCUT2D eigenvalue weighted by molar-refractivity contribution is 0.338. The van der Waals surface area contributed by atoms with E-state index in [1.807, 2.05) is 19.2 Å². The zero-order chi connectivity index (χ0) is 19.0. The van der Waals surface area contributed by atoms with E-state index in [9.17, 15) is 0 Å². The van der Waals surface area contributed by atoms with Gasteiger partial charge < -0.3 is 9.30 Å². The maximum Gasteiger partial charge on any atom is 0.236 e. The van der Waals surface area contributed by atoms with Crippen LogP contribution in [-0.2, 0) is 7.05 Å². The molecule has 0 fully saturated rings. The van der Waals surface area contributed by atoms with Gasteiger partial charge in [-0.3, -0.25) is 4.40 Å². The van der Waals surface area contributed by atoms with Crippen molar-refractivity contribution in [2.24, 2.45) is 7.05 Å². The average molecular weight is 381 g/mol. The first-order valence-electron chi connectivity index (χ1n) is 9.21. The van der Waals surface area contributed by atoms with E-state index in [-0.39, 0.29) is 0 Å². The first kappa shape index (κ1) is 17.9. The van der Waals surface area contributed by atoms with Gasteiger partial charge in [0.1, 0.15) is 5.75 Å². The second-order valence-corrected chi connectivity index (χ2v) is 8.12. The van der Waals surface area contributed by atoms with Crippen LogP contribution in [0.5, 0.6) is 5.75 Å². The predicted molar refractivity (Wildman–Crippen MR) is 111 cm³/mol. The van der Waals surface area contributed by atoms with Crippen molar-refractivity contribution in [3.05, 3.63) is 53.6 Å². The van der Waals surface area contributed by atoms with Gasteiger partial charge in [-0.05, 0) is 36.6 Å². The molecular weight excluding hydrogens is 356 g/mol. The summed E-state index contributed by atoms with van der Waals surface area (Å²) >= 11 is 1.67. The van der Waals surface area contributed by atoms with E-state index in [2.05, 4.69) is 70.3 Å².